The Hall–Kier alpha value is -0.120. The van der Waals surface area contributed by atoms with Crippen LogP contribution >= 0.6 is 0 Å². The smallest absolute Gasteiger partial charge is 0.0594 e. The molecule has 1 heterocycles. The van der Waals surface area contributed by atoms with Crippen LogP contribution in [0.5, 0.6) is 0 Å². The molecular weight excluding hydrogens is 176 g/mol. The summed E-state index contributed by atoms with van der Waals surface area (Å²) in [5, 5.41) is 0. The van der Waals surface area contributed by atoms with Gasteiger partial charge in [-0.15, -0.1) is 0 Å². The summed E-state index contributed by atoms with van der Waals surface area (Å²) < 4.78 is 5.39. The van der Waals surface area contributed by atoms with E-state index in [0.29, 0.717) is 0 Å². The zero-order valence-corrected chi connectivity index (χ0v) is 8.95. The van der Waals surface area contributed by atoms with Crippen molar-refractivity contribution in [2.75, 3.05) is 32.8 Å². The first kappa shape index (κ1) is 10.4. The first-order chi connectivity index (χ1) is 6.92. The molecule has 0 bridgehead atoms. The molecule has 0 spiro atoms. The molecule has 0 radical (unpaired) electrons. The maximum absolute atomic E-state index is 5.84. The van der Waals surface area contributed by atoms with Crippen molar-refractivity contribution in [3.8, 4) is 0 Å². The lowest BCUT2D eigenvalue weighted by Crippen LogP contribution is -2.49. The standard InChI is InChI=1S/C11H22N2O/c12-9-10-3-1-2-4-11(10)13-5-7-14-8-6-13/h10-11H,1-9,12H2/t10-,11+/m0/s1. The van der Waals surface area contributed by atoms with Crippen LogP contribution in [0.15, 0.2) is 0 Å². The second-order valence-corrected chi connectivity index (χ2v) is 4.50. The van der Waals surface area contributed by atoms with E-state index in [1.54, 1.807) is 0 Å². The minimum absolute atomic E-state index is 0.738. The molecule has 2 atom stereocenters. The molecule has 1 saturated carbocycles. The highest BCUT2D eigenvalue weighted by atomic mass is 16.5. The summed E-state index contributed by atoms with van der Waals surface area (Å²) in [4.78, 5) is 2.60. The molecule has 0 aromatic rings. The summed E-state index contributed by atoms with van der Waals surface area (Å²) in [5.74, 6) is 0.738. The molecule has 14 heavy (non-hydrogen) atoms. The Morgan fingerprint density at radius 1 is 1.14 bits per heavy atom. The third-order valence-electron chi connectivity index (χ3n) is 3.69. The van der Waals surface area contributed by atoms with E-state index in [9.17, 15) is 0 Å². The Bertz CT molecular complexity index is 169. The maximum atomic E-state index is 5.84. The highest BCUT2D eigenvalue weighted by Gasteiger charge is 2.29. The normalized spacial score (nSPS) is 35.8. The Labute approximate surface area is 86.6 Å². The van der Waals surface area contributed by atoms with Crippen LogP contribution in [-0.4, -0.2) is 43.8 Å². The van der Waals surface area contributed by atoms with Gasteiger partial charge in [0.15, 0.2) is 0 Å². The van der Waals surface area contributed by atoms with Gasteiger partial charge in [0.05, 0.1) is 13.2 Å². The minimum atomic E-state index is 0.738. The largest absolute Gasteiger partial charge is 0.379 e. The van der Waals surface area contributed by atoms with E-state index < -0.39 is 0 Å². The molecular formula is C11H22N2O. The fourth-order valence-corrected chi connectivity index (χ4v) is 2.85. The second kappa shape index (κ2) is 5.10. The van der Waals surface area contributed by atoms with Gasteiger partial charge in [-0.2, -0.15) is 0 Å². The van der Waals surface area contributed by atoms with Crippen LogP contribution in [0, 0.1) is 5.92 Å². The van der Waals surface area contributed by atoms with Crippen molar-refractivity contribution in [3.63, 3.8) is 0 Å². The first-order valence-electron chi connectivity index (χ1n) is 5.93. The van der Waals surface area contributed by atoms with Crippen molar-refractivity contribution in [2.45, 2.75) is 31.7 Å². The zero-order valence-electron chi connectivity index (χ0n) is 8.95. The van der Waals surface area contributed by atoms with Gasteiger partial charge >= 0.3 is 0 Å². The van der Waals surface area contributed by atoms with Crippen LogP contribution in [0.2, 0.25) is 0 Å². The fraction of sp³-hybridized carbons (Fsp3) is 1.00. The van der Waals surface area contributed by atoms with Crippen molar-refractivity contribution < 1.29 is 4.74 Å². The number of morpholine rings is 1. The van der Waals surface area contributed by atoms with Crippen molar-refractivity contribution >= 4 is 0 Å². The Morgan fingerprint density at radius 2 is 1.86 bits per heavy atom. The van der Waals surface area contributed by atoms with Gasteiger partial charge in [-0.25, -0.2) is 0 Å². The molecule has 0 aromatic carbocycles. The predicted molar refractivity (Wildman–Crippen MR) is 57.2 cm³/mol. The summed E-state index contributed by atoms with van der Waals surface area (Å²) in [5.41, 5.74) is 5.84. The van der Waals surface area contributed by atoms with Crippen LogP contribution in [0.1, 0.15) is 25.7 Å². The van der Waals surface area contributed by atoms with E-state index in [1.807, 2.05) is 0 Å². The van der Waals surface area contributed by atoms with Gasteiger partial charge in [-0.1, -0.05) is 12.8 Å². The lowest BCUT2D eigenvalue weighted by Gasteiger charge is -2.41. The number of hydrogen-bond donors (Lipinski definition) is 1. The average Bonchev–Trinajstić information content (AvgIpc) is 2.30. The van der Waals surface area contributed by atoms with E-state index in [-0.39, 0.29) is 0 Å². The average molecular weight is 198 g/mol. The summed E-state index contributed by atoms with van der Waals surface area (Å²) in [6, 6.07) is 0.748. The molecule has 2 rings (SSSR count). The molecule has 2 N–H and O–H groups in total. The quantitative estimate of drug-likeness (QED) is 0.714. The SMILES string of the molecule is NC[C@@H]1CCCC[C@H]1N1CCOCC1. The van der Waals surface area contributed by atoms with Crippen LogP contribution < -0.4 is 5.73 Å². The van der Waals surface area contributed by atoms with E-state index in [4.69, 9.17) is 10.5 Å². The molecule has 0 unspecified atom stereocenters. The number of hydrogen-bond acceptors (Lipinski definition) is 3. The summed E-state index contributed by atoms with van der Waals surface area (Å²) >= 11 is 0. The third-order valence-corrected chi connectivity index (χ3v) is 3.69. The summed E-state index contributed by atoms with van der Waals surface area (Å²) in [6.07, 6.45) is 5.45. The van der Waals surface area contributed by atoms with Crippen molar-refractivity contribution in [3.05, 3.63) is 0 Å². The highest BCUT2D eigenvalue weighted by molar-refractivity contribution is 4.84. The van der Waals surface area contributed by atoms with Crippen molar-refractivity contribution in [1.82, 2.24) is 4.90 Å². The molecule has 1 saturated heterocycles. The van der Waals surface area contributed by atoms with Crippen molar-refractivity contribution in [2.24, 2.45) is 11.7 Å². The summed E-state index contributed by atoms with van der Waals surface area (Å²) in [6.45, 7) is 4.91. The number of nitrogens with zero attached hydrogens (tertiary/aromatic N) is 1. The van der Waals surface area contributed by atoms with Gasteiger partial charge in [-0.05, 0) is 25.3 Å². The molecule has 82 valence electrons. The van der Waals surface area contributed by atoms with Gasteiger partial charge in [0.1, 0.15) is 0 Å². The predicted octanol–water partition coefficient (Wildman–Crippen LogP) is 0.836. The number of rotatable bonds is 2. The Kier molecular flexibility index (Phi) is 3.79. The minimum Gasteiger partial charge on any atom is -0.379 e. The van der Waals surface area contributed by atoms with Gasteiger partial charge in [0, 0.05) is 19.1 Å². The molecule has 3 heteroatoms. The Morgan fingerprint density at radius 3 is 2.57 bits per heavy atom. The van der Waals surface area contributed by atoms with Gasteiger partial charge in [-0.3, -0.25) is 4.90 Å². The van der Waals surface area contributed by atoms with Gasteiger partial charge in [0.2, 0.25) is 0 Å². The molecule has 2 aliphatic rings. The molecule has 2 fully saturated rings. The zero-order chi connectivity index (χ0) is 9.80. The van der Waals surface area contributed by atoms with E-state index in [2.05, 4.69) is 4.90 Å². The van der Waals surface area contributed by atoms with Crippen LogP contribution in [-0.2, 0) is 4.74 Å². The molecule has 1 aliphatic carbocycles. The number of nitrogens with two attached hydrogens (primary N) is 1. The molecule has 0 aromatic heterocycles. The van der Waals surface area contributed by atoms with Gasteiger partial charge in [0.25, 0.3) is 0 Å². The van der Waals surface area contributed by atoms with E-state index in [1.165, 1.54) is 25.7 Å². The topological polar surface area (TPSA) is 38.5 Å². The molecule has 0 amide bonds. The maximum Gasteiger partial charge on any atom is 0.0594 e. The lowest BCUT2D eigenvalue weighted by molar-refractivity contribution is -0.00597. The monoisotopic (exact) mass is 198 g/mol. The van der Waals surface area contributed by atoms with Crippen molar-refractivity contribution in [1.29, 1.82) is 0 Å². The van der Waals surface area contributed by atoms with Crippen LogP contribution in [0.25, 0.3) is 0 Å². The van der Waals surface area contributed by atoms with Gasteiger partial charge < -0.3 is 10.5 Å². The van der Waals surface area contributed by atoms with E-state index >= 15 is 0 Å². The Balaban J connectivity index is 1.91. The summed E-state index contributed by atoms with van der Waals surface area (Å²) in [7, 11) is 0. The van der Waals surface area contributed by atoms with E-state index in [0.717, 1.165) is 44.8 Å². The van der Waals surface area contributed by atoms with Crippen LogP contribution in [0.4, 0.5) is 0 Å². The van der Waals surface area contributed by atoms with Crippen LogP contribution in [0.3, 0.4) is 0 Å². The number of ether oxygens (including phenoxy) is 1. The first-order valence-corrected chi connectivity index (χ1v) is 5.93. The second-order valence-electron chi connectivity index (χ2n) is 4.50. The third kappa shape index (κ3) is 2.27. The molecule has 1 aliphatic heterocycles. The fourth-order valence-electron chi connectivity index (χ4n) is 2.85. The lowest BCUT2D eigenvalue weighted by atomic mass is 9.83. The molecule has 3 nitrogen and oxygen atoms in total. The highest BCUT2D eigenvalue weighted by Crippen LogP contribution is 2.28.